The quantitative estimate of drug-likeness (QED) is 0.646. The Kier molecular flexibility index (Phi) is 3.83. The number of halogens is 2. The van der Waals surface area contributed by atoms with Crippen molar-refractivity contribution in [3.63, 3.8) is 0 Å². The molecule has 0 amide bonds. The minimum atomic E-state index is -0.580. The van der Waals surface area contributed by atoms with E-state index in [2.05, 4.69) is 28.6 Å². The number of alkyl halides is 1. The Morgan fingerprint density at radius 3 is 2.69 bits per heavy atom. The number of rotatable bonds is 2. The molecule has 70 valence electrons. The van der Waals surface area contributed by atoms with Gasteiger partial charge in [-0.3, -0.25) is 4.79 Å². The van der Waals surface area contributed by atoms with Crippen molar-refractivity contribution in [1.29, 1.82) is 0 Å². The minimum absolute atomic E-state index is 0.0609. The van der Waals surface area contributed by atoms with Crippen LogP contribution in [0.3, 0.4) is 0 Å². The van der Waals surface area contributed by atoms with E-state index in [1.165, 1.54) is 6.92 Å². The molecule has 1 rings (SSSR count). The maximum Gasteiger partial charge on any atom is 0.152 e. The third kappa shape index (κ3) is 2.73. The molecule has 0 saturated heterocycles. The van der Waals surface area contributed by atoms with Crippen molar-refractivity contribution in [3.8, 4) is 0 Å². The Morgan fingerprint density at radius 1 is 1.62 bits per heavy atom. The molecule has 0 aromatic heterocycles. The molecule has 1 aromatic rings. The minimum Gasteiger partial charge on any atom is -0.298 e. The number of benzene rings is 1. The molecule has 0 N–H and O–H groups in total. The highest BCUT2D eigenvalue weighted by Gasteiger charge is 2.15. The van der Waals surface area contributed by atoms with Crippen molar-refractivity contribution < 1.29 is 4.79 Å². The smallest absolute Gasteiger partial charge is 0.152 e. The van der Waals surface area contributed by atoms with E-state index < -0.39 is 5.38 Å². The van der Waals surface area contributed by atoms with E-state index in [0.29, 0.717) is 0 Å². The highest BCUT2D eigenvalue weighted by Crippen LogP contribution is 2.30. The van der Waals surface area contributed by atoms with E-state index >= 15 is 0 Å². The van der Waals surface area contributed by atoms with Gasteiger partial charge in [0.25, 0.3) is 0 Å². The summed E-state index contributed by atoms with van der Waals surface area (Å²) in [5.41, 5.74) is 0.784. The summed E-state index contributed by atoms with van der Waals surface area (Å²) in [6, 6.07) is 5.42. The third-order valence-corrected chi connectivity index (χ3v) is 3.12. The first-order chi connectivity index (χ1) is 6.02. The first kappa shape index (κ1) is 11.1. The van der Waals surface area contributed by atoms with Crippen molar-refractivity contribution in [2.45, 2.75) is 17.2 Å². The van der Waals surface area contributed by atoms with Gasteiger partial charge in [0.2, 0.25) is 0 Å². The summed E-state index contributed by atoms with van der Waals surface area (Å²) in [6.07, 6.45) is 0. The lowest BCUT2D eigenvalue weighted by molar-refractivity contribution is -0.116. The van der Waals surface area contributed by atoms with E-state index in [9.17, 15) is 4.79 Å². The zero-order valence-electron chi connectivity index (χ0n) is 6.92. The monoisotopic (exact) mass is 278 g/mol. The lowest BCUT2D eigenvalue weighted by Gasteiger charge is -2.08. The lowest BCUT2D eigenvalue weighted by atomic mass is 10.1. The van der Waals surface area contributed by atoms with Gasteiger partial charge in [-0.2, -0.15) is 0 Å². The van der Waals surface area contributed by atoms with Crippen molar-refractivity contribution in [3.05, 3.63) is 28.2 Å². The summed E-state index contributed by atoms with van der Waals surface area (Å²) in [5.74, 6) is -0.0609. The fourth-order valence-electron chi connectivity index (χ4n) is 0.941. The highest BCUT2D eigenvalue weighted by atomic mass is 79.9. The summed E-state index contributed by atoms with van der Waals surface area (Å²) < 4.78 is 0.815. The summed E-state index contributed by atoms with van der Waals surface area (Å²) in [5, 5.41) is -0.580. The van der Waals surface area contributed by atoms with Crippen molar-refractivity contribution >= 4 is 45.9 Å². The van der Waals surface area contributed by atoms with Gasteiger partial charge >= 0.3 is 0 Å². The van der Waals surface area contributed by atoms with Gasteiger partial charge < -0.3 is 0 Å². The second-order valence-electron chi connectivity index (χ2n) is 2.68. The number of Topliss-reactive ketones (excluding diaryl/α,β-unsaturated/α-hetero) is 1. The van der Waals surface area contributed by atoms with E-state index in [-0.39, 0.29) is 5.78 Å². The zero-order chi connectivity index (χ0) is 10.0. The van der Waals surface area contributed by atoms with Gasteiger partial charge in [0.05, 0.1) is 0 Å². The number of ketones is 1. The number of carbonyl (C=O) groups is 1. The molecule has 1 unspecified atom stereocenters. The standard InChI is InChI=1S/C9H8BrClOS/c1-5(12)9(11)7-3-2-6(13)4-8(7)10/h2-4,9,13H,1H3. The van der Waals surface area contributed by atoms with Crippen LogP contribution in [0, 0.1) is 0 Å². The Labute approximate surface area is 96.0 Å². The molecular weight excluding hydrogens is 272 g/mol. The zero-order valence-corrected chi connectivity index (χ0v) is 10.2. The van der Waals surface area contributed by atoms with Crippen LogP contribution in [0.1, 0.15) is 17.9 Å². The predicted molar refractivity (Wildman–Crippen MR) is 60.7 cm³/mol. The molecule has 0 aliphatic rings. The predicted octanol–water partition coefficient (Wildman–Crippen LogP) is 3.61. The van der Waals surface area contributed by atoms with Crippen LogP contribution < -0.4 is 0 Å². The van der Waals surface area contributed by atoms with Gasteiger partial charge in [-0.15, -0.1) is 24.2 Å². The molecule has 13 heavy (non-hydrogen) atoms. The van der Waals surface area contributed by atoms with Crippen LogP contribution in [0.15, 0.2) is 27.6 Å². The number of hydrogen-bond donors (Lipinski definition) is 1. The SMILES string of the molecule is CC(=O)C(Cl)c1ccc(S)cc1Br. The summed E-state index contributed by atoms with van der Waals surface area (Å²) in [4.78, 5) is 11.8. The Bertz CT molecular complexity index is 340. The first-order valence-corrected chi connectivity index (χ1v) is 5.33. The van der Waals surface area contributed by atoms with Crippen LogP contribution in [0.5, 0.6) is 0 Å². The average molecular weight is 280 g/mol. The average Bonchev–Trinajstić information content (AvgIpc) is 2.03. The number of hydrogen-bond acceptors (Lipinski definition) is 2. The topological polar surface area (TPSA) is 17.1 Å². The number of carbonyl (C=O) groups excluding carboxylic acids is 1. The molecule has 0 radical (unpaired) electrons. The fourth-order valence-corrected chi connectivity index (χ4v) is 2.25. The van der Waals surface area contributed by atoms with Crippen LogP contribution in [-0.2, 0) is 4.79 Å². The molecule has 1 aromatic carbocycles. The second kappa shape index (κ2) is 4.49. The third-order valence-electron chi connectivity index (χ3n) is 1.61. The molecule has 0 heterocycles. The first-order valence-electron chi connectivity index (χ1n) is 3.65. The molecule has 0 spiro atoms. The van der Waals surface area contributed by atoms with Crippen LogP contribution in [-0.4, -0.2) is 5.78 Å². The number of thiol groups is 1. The van der Waals surface area contributed by atoms with E-state index in [0.717, 1.165) is 14.9 Å². The van der Waals surface area contributed by atoms with Crippen LogP contribution >= 0.6 is 40.2 Å². The van der Waals surface area contributed by atoms with E-state index in [1.807, 2.05) is 12.1 Å². The normalized spacial score (nSPS) is 12.6. The fraction of sp³-hybridized carbons (Fsp3) is 0.222. The van der Waals surface area contributed by atoms with Crippen molar-refractivity contribution in [2.75, 3.05) is 0 Å². The van der Waals surface area contributed by atoms with Gasteiger partial charge in [-0.05, 0) is 24.6 Å². The molecule has 0 fully saturated rings. The van der Waals surface area contributed by atoms with Crippen LogP contribution in [0.25, 0.3) is 0 Å². The Hall–Kier alpha value is 0.01000. The highest BCUT2D eigenvalue weighted by molar-refractivity contribution is 9.10. The Balaban J connectivity index is 3.08. The maximum atomic E-state index is 11.0. The Morgan fingerprint density at radius 2 is 2.23 bits per heavy atom. The summed E-state index contributed by atoms with van der Waals surface area (Å²) in [6.45, 7) is 1.47. The largest absolute Gasteiger partial charge is 0.298 e. The molecule has 0 aliphatic carbocycles. The molecule has 0 aliphatic heterocycles. The maximum absolute atomic E-state index is 11.0. The van der Waals surface area contributed by atoms with Crippen LogP contribution in [0.4, 0.5) is 0 Å². The van der Waals surface area contributed by atoms with Gasteiger partial charge in [-0.25, -0.2) is 0 Å². The van der Waals surface area contributed by atoms with Gasteiger partial charge in [-0.1, -0.05) is 22.0 Å². The van der Waals surface area contributed by atoms with E-state index in [4.69, 9.17) is 11.6 Å². The van der Waals surface area contributed by atoms with Crippen molar-refractivity contribution in [1.82, 2.24) is 0 Å². The summed E-state index contributed by atoms with van der Waals surface area (Å²) >= 11 is 13.4. The molecule has 4 heteroatoms. The lowest BCUT2D eigenvalue weighted by Crippen LogP contribution is -2.02. The van der Waals surface area contributed by atoms with Gasteiger partial charge in [0.1, 0.15) is 5.38 Å². The van der Waals surface area contributed by atoms with E-state index in [1.54, 1.807) is 6.07 Å². The second-order valence-corrected chi connectivity index (χ2v) is 4.49. The molecular formula is C9H8BrClOS. The van der Waals surface area contributed by atoms with Crippen molar-refractivity contribution in [2.24, 2.45) is 0 Å². The molecule has 0 saturated carbocycles. The molecule has 1 atom stereocenters. The molecule has 1 nitrogen and oxygen atoms in total. The van der Waals surface area contributed by atoms with Gasteiger partial charge in [0, 0.05) is 9.37 Å². The molecule has 0 bridgehead atoms. The van der Waals surface area contributed by atoms with Gasteiger partial charge in [0.15, 0.2) is 5.78 Å². The summed E-state index contributed by atoms with van der Waals surface area (Å²) in [7, 11) is 0. The van der Waals surface area contributed by atoms with Crippen LogP contribution in [0.2, 0.25) is 0 Å².